The lowest BCUT2D eigenvalue weighted by Crippen LogP contribution is -2.65. The summed E-state index contributed by atoms with van der Waals surface area (Å²) < 4.78 is 56.7. The van der Waals surface area contributed by atoms with E-state index in [1.165, 1.54) is 6.07 Å². The van der Waals surface area contributed by atoms with Crippen LogP contribution in [0.4, 0.5) is 13.2 Å². The van der Waals surface area contributed by atoms with Crippen LogP contribution >= 0.6 is 0 Å². The molecule has 1 aliphatic carbocycles. The van der Waals surface area contributed by atoms with Gasteiger partial charge >= 0.3 is 6.18 Å². The lowest BCUT2D eigenvalue weighted by Gasteiger charge is -2.53. The second kappa shape index (κ2) is 14.8. The number of nitrogens with one attached hydrogen (secondary N) is 1. The van der Waals surface area contributed by atoms with Gasteiger partial charge in [-0.2, -0.15) is 28.5 Å². The zero-order chi connectivity index (χ0) is 37.3. The Morgan fingerprint density at radius 3 is 2.50 bits per heavy atom. The maximum Gasteiger partial charge on any atom is 0.451 e. The van der Waals surface area contributed by atoms with Crippen LogP contribution in [0.15, 0.2) is 37.1 Å². The quantitative estimate of drug-likeness (QED) is 0.118. The second-order valence-corrected chi connectivity index (χ2v) is 22.0. The van der Waals surface area contributed by atoms with Crippen LogP contribution in [0.3, 0.4) is 0 Å². The van der Waals surface area contributed by atoms with Crippen LogP contribution in [0.1, 0.15) is 64.4 Å². The first-order valence-electron chi connectivity index (χ1n) is 17.9. The number of aromatic nitrogens is 7. The number of fused-ring (bicyclic) bond motifs is 1. The molecule has 0 bridgehead atoms. The minimum atomic E-state index is -4.68. The maximum absolute atomic E-state index is 13.6. The summed E-state index contributed by atoms with van der Waals surface area (Å²) in [5.41, 5.74) is 1.91. The molecule has 52 heavy (non-hydrogen) atoms. The van der Waals surface area contributed by atoms with Gasteiger partial charge in [-0.15, -0.1) is 0 Å². The van der Waals surface area contributed by atoms with Crippen molar-refractivity contribution in [2.24, 2.45) is 0 Å². The third-order valence-electron chi connectivity index (χ3n) is 9.78. The molecule has 0 atom stereocenters. The number of nitrogens with zero attached hydrogens (tertiary/aromatic N) is 9. The predicted octanol–water partition coefficient (Wildman–Crippen LogP) is 6.62. The standard InChI is InChI=1S/C36H49F3N10O2Si/c1-34(2,3)43-19-26-17-30(46-33(45-26)36(37,38)39)51-28-9-7-27(8-10-28)48-21-35(22-48,12-13-40)49-20-25(18-44-49)31-29-11-14-47(32(29)42-23-41-31)24-50-15-16-52(4,5)6/h11,14,17-18,20,23,27-28,43H,7-10,12,15-16,19,21-22,24H2,1-6H3. The van der Waals surface area contributed by atoms with Crippen molar-refractivity contribution in [1.82, 2.24) is 44.5 Å². The van der Waals surface area contributed by atoms with Crippen LogP contribution < -0.4 is 10.1 Å². The highest BCUT2D eigenvalue weighted by atomic mass is 28.3. The fourth-order valence-electron chi connectivity index (χ4n) is 6.84. The van der Waals surface area contributed by atoms with Crippen molar-refractivity contribution < 1.29 is 22.6 Å². The Kier molecular flexibility index (Phi) is 10.8. The van der Waals surface area contributed by atoms with Crippen molar-refractivity contribution in [2.45, 2.75) is 121 Å². The summed E-state index contributed by atoms with van der Waals surface area (Å²) in [4.78, 5) is 19.0. The molecule has 6 rings (SSSR count). The van der Waals surface area contributed by atoms with Gasteiger partial charge in [0.25, 0.3) is 0 Å². The highest BCUT2D eigenvalue weighted by Gasteiger charge is 2.48. The molecule has 0 spiro atoms. The Morgan fingerprint density at radius 2 is 1.83 bits per heavy atom. The maximum atomic E-state index is 13.6. The molecular weight excluding hydrogens is 690 g/mol. The molecule has 12 nitrogen and oxygen atoms in total. The summed E-state index contributed by atoms with van der Waals surface area (Å²) in [6.07, 6.45) is 5.73. The molecular formula is C36H49F3N10O2Si. The number of halogens is 3. The zero-order valence-corrected chi connectivity index (χ0v) is 31.9. The Labute approximate surface area is 303 Å². The average Bonchev–Trinajstić information content (AvgIpc) is 3.71. The van der Waals surface area contributed by atoms with Crippen molar-refractivity contribution in [2.75, 3.05) is 19.7 Å². The molecule has 0 aromatic carbocycles. The molecule has 4 aromatic heterocycles. The monoisotopic (exact) mass is 738 g/mol. The van der Waals surface area contributed by atoms with Crippen LogP contribution in [0.5, 0.6) is 5.88 Å². The Hall–Kier alpha value is -3.91. The number of likely N-dealkylation sites (tertiary alicyclic amines) is 1. The Balaban J connectivity index is 1.07. The molecule has 1 N–H and O–H groups in total. The number of ether oxygens (including phenoxy) is 2. The van der Waals surface area contributed by atoms with Crippen molar-refractivity contribution in [1.29, 1.82) is 5.26 Å². The van der Waals surface area contributed by atoms with E-state index < -0.39 is 25.6 Å². The summed E-state index contributed by atoms with van der Waals surface area (Å²) in [5.74, 6) is -1.24. The van der Waals surface area contributed by atoms with Gasteiger partial charge in [0, 0.05) is 75.3 Å². The normalized spacial score (nSPS) is 19.8. The average molecular weight is 739 g/mol. The number of alkyl halides is 3. The van der Waals surface area contributed by atoms with Gasteiger partial charge in [-0.25, -0.2) is 15.0 Å². The molecule has 2 aliphatic rings. The van der Waals surface area contributed by atoms with Crippen molar-refractivity contribution >= 4 is 19.1 Å². The minimum Gasteiger partial charge on any atom is -0.474 e. The fraction of sp³-hybridized carbons (Fsp3) is 0.611. The third-order valence-corrected chi connectivity index (χ3v) is 11.5. The largest absolute Gasteiger partial charge is 0.474 e. The molecule has 5 heterocycles. The van der Waals surface area contributed by atoms with Gasteiger partial charge in [0.05, 0.1) is 30.1 Å². The highest BCUT2D eigenvalue weighted by molar-refractivity contribution is 6.76. The van der Waals surface area contributed by atoms with E-state index in [0.29, 0.717) is 39.1 Å². The molecule has 1 aliphatic heterocycles. The Bertz CT molecular complexity index is 1880. The molecule has 280 valence electrons. The summed E-state index contributed by atoms with van der Waals surface area (Å²) in [6, 6.07) is 7.25. The van der Waals surface area contributed by atoms with E-state index in [9.17, 15) is 18.4 Å². The summed E-state index contributed by atoms with van der Waals surface area (Å²) >= 11 is 0. The first-order valence-corrected chi connectivity index (χ1v) is 21.6. The van der Waals surface area contributed by atoms with E-state index in [1.54, 1.807) is 12.5 Å². The SMILES string of the molecule is CC(C)(C)NCc1cc(OC2CCC(N3CC(CC#N)(n4cc(-c5ncnc6c5ccn6COCC[Si](C)(C)C)cn4)C3)CC2)nc(C(F)(F)F)n1. The first-order chi connectivity index (χ1) is 24.5. The van der Waals surface area contributed by atoms with E-state index in [4.69, 9.17) is 14.6 Å². The van der Waals surface area contributed by atoms with Gasteiger partial charge in [-0.05, 0) is 58.6 Å². The molecule has 1 saturated heterocycles. The molecule has 0 amide bonds. The van der Waals surface area contributed by atoms with Crippen molar-refractivity contribution in [3.05, 3.63) is 48.6 Å². The van der Waals surface area contributed by atoms with Gasteiger partial charge < -0.3 is 19.4 Å². The molecule has 1 saturated carbocycles. The molecule has 0 radical (unpaired) electrons. The van der Waals surface area contributed by atoms with Crippen LogP contribution in [0.2, 0.25) is 25.7 Å². The summed E-state index contributed by atoms with van der Waals surface area (Å²) in [5, 5.41) is 18.6. The minimum absolute atomic E-state index is 0.0497. The molecule has 2 fully saturated rings. The van der Waals surface area contributed by atoms with E-state index in [-0.39, 0.29) is 35.8 Å². The smallest absolute Gasteiger partial charge is 0.451 e. The first kappa shape index (κ1) is 37.8. The third kappa shape index (κ3) is 8.99. The Morgan fingerprint density at radius 1 is 1.08 bits per heavy atom. The molecule has 16 heteroatoms. The highest BCUT2D eigenvalue weighted by Crippen LogP contribution is 2.39. The lowest BCUT2D eigenvalue weighted by molar-refractivity contribution is -0.145. The molecule has 0 unspecified atom stereocenters. The zero-order valence-electron chi connectivity index (χ0n) is 30.9. The fourth-order valence-corrected chi connectivity index (χ4v) is 7.60. The van der Waals surface area contributed by atoms with Gasteiger partial charge in [0.15, 0.2) is 0 Å². The number of nitriles is 1. The second-order valence-electron chi connectivity index (χ2n) is 16.4. The van der Waals surface area contributed by atoms with E-state index in [0.717, 1.165) is 47.8 Å². The number of hydrogen-bond acceptors (Lipinski definition) is 10. The summed E-state index contributed by atoms with van der Waals surface area (Å²) in [7, 11) is -1.18. The number of hydrogen-bond donors (Lipinski definition) is 1. The van der Waals surface area contributed by atoms with Crippen LogP contribution in [-0.2, 0) is 29.7 Å². The van der Waals surface area contributed by atoms with Gasteiger partial charge in [0.2, 0.25) is 11.7 Å². The molecule has 4 aromatic rings. The number of rotatable bonds is 13. The van der Waals surface area contributed by atoms with Crippen LogP contribution in [-0.4, -0.2) is 84.6 Å². The van der Waals surface area contributed by atoms with Gasteiger partial charge in [-0.3, -0.25) is 9.58 Å². The topological polar surface area (TPSA) is 132 Å². The van der Waals surface area contributed by atoms with Crippen molar-refractivity contribution in [3.63, 3.8) is 0 Å². The van der Waals surface area contributed by atoms with E-state index in [2.05, 4.69) is 55.9 Å². The predicted molar refractivity (Wildman–Crippen MR) is 193 cm³/mol. The van der Waals surface area contributed by atoms with Gasteiger partial charge in [0.1, 0.15) is 30.3 Å². The van der Waals surface area contributed by atoms with Crippen molar-refractivity contribution in [3.8, 4) is 23.2 Å². The van der Waals surface area contributed by atoms with Crippen LogP contribution in [0, 0.1) is 11.3 Å². The lowest BCUT2D eigenvalue weighted by atomic mass is 9.82. The van der Waals surface area contributed by atoms with Crippen LogP contribution in [0.25, 0.3) is 22.3 Å². The van der Waals surface area contributed by atoms with Gasteiger partial charge in [-0.1, -0.05) is 19.6 Å². The summed E-state index contributed by atoms with van der Waals surface area (Å²) in [6.45, 7) is 15.5. The van der Waals surface area contributed by atoms with E-state index in [1.807, 2.05) is 48.5 Å². The van der Waals surface area contributed by atoms with E-state index >= 15 is 0 Å².